The number of ether oxygens (including phenoxy) is 1. The zero-order valence-corrected chi connectivity index (χ0v) is 12.6. The summed E-state index contributed by atoms with van der Waals surface area (Å²) in [5.41, 5.74) is 0.975. The van der Waals surface area contributed by atoms with E-state index in [0.717, 1.165) is 31.4 Å². The van der Waals surface area contributed by atoms with Gasteiger partial charge in [0, 0.05) is 16.7 Å². The SMILES string of the molecule is CCOC1CC(CC(Cl)c2ccc(Cl)cc2Cl)C1. The Morgan fingerprint density at radius 1 is 1.33 bits per heavy atom. The van der Waals surface area contributed by atoms with Crippen LogP contribution in [0.3, 0.4) is 0 Å². The Kier molecular flexibility index (Phi) is 5.20. The molecular formula is C14H17Cl3O. The monoisotopic (exact) mass is 306 g/mol. The molecule has 2 rings (SSSR count). The molecule has 0 aromatic heterocycles. The van der Waals surface area contributed by atoms with E-state index in [0.29, 0.717) is 22.1 Å². The standard InChI is InChI=1S/C14H17Cl3O/c1-2-18-11-5-9(6-11)7-13(16)12-4-3-10(15)8-14(12)17/h3-4,8-9,11,13H,2,5-7H2,1H3. The highest BCUT2D eigenvalue weighted by atomic mass is 35.5. The van der Waals surface area contributed by atoms with Gasteiger partial charge in [0.25, 0.3) is 0 Å². The Balaban J connectivity index is 1.87. The van der Waals surface area contributed by atoms with Gasteiger partial charge in [0.2, 0.25) is 0 Å². The van der Waals surface area contributed by atoms with Crippen molar-refractivity contribution < 1.29 is 4.74 Å². The summed E-state index contributed by atoms with van der Waals surface area (Å²) in [6.45, 7) is 2.83. The first-order valence-electron chi connectivity index (χ1n) is 6.30. The highest BCUT2D eigenvalue weighted by molar-refractivity contribution is 6.35. The fourth-order valence-corrected chi connectivity index (χ4v) is 3.45. The molecule has 1 aliphatic rings. The molecular weight excluding hydrogens is 291 g/mol. The second-order valence-corrected chi connectivity index (χ2v) is 6.15. The molecule has 1 aliphatic carbocycles. The molecule has 1 atom stereocenters. The van der Waals surface area contributed by atoms with Crippen molar-refractivity contribution in [3.8, 4) is 0 Å². The van der Waals surface area contributed by atoms with Crippen molar-refractivity contribution in [3.05, 3.63) is 33.8 Å². The average Bonchev–Trinajstić information content (AvgIpc) is 2.26. The van der Waals surface area contributed by atoms with Gasteiger partial charge in [-0.05, 0) is 49.8 Å². The minimum absolute atomic E-state index is 0.0395. The Hall–Kier alpha value is 0.0500. The third-order valence-electron chi connectivity index (χ3n) is 3.44. The Morgan fingerprint density at radius 2 is 2.06 bits per heavy atom. The highest BCUT2D eigenvalue weighted by Gasteiger charge is 2.31. The lowest BCUT2D eigenvalue weighted by Crippen LogP contribution is -2.31. The lowest BCUT2D eigenvalue weighted by molar-refractivity contribution is -0.0267. The second-order valence-electron chi connectivity index (χ2n) is 4.78. The molecule has 0 heterocycles. The lowest BCUT2D eigenvalue weighted by Gasteiger charge is -2.36. The molecule has 0 radical (unpaired) electrons. The summed E-state index contributed by atoms with van der Waals surface area (Å²) in [5, 5.41) is 1.26. The number of halogens is 3. The molecule has 1 nitrogen and oxygen atoms in total. The maximum atomic E-state index is 6.43. The molecule has 1 aromatic rings. The number of benzene rings is 1. The molecule has 0 amide bonds. The third kappa shape index (κ3) is 3.54. The summed E-state index contributed by atoms with van der Waals surface area (Å²) in [4.78, 5) is 0. The highest BCUT2D eigenvalue weighted by Crippen LogP contribution is 2.41. The van der Waals surface area contributed by atoms with E-state index in [4.69, 9.17) is 39.5 Å². The fraction of sp³-hybridized carbons (Fsp3) is 0.571. The molecule has 0 spiro atoms. The van der Waals surface area contributed by atoms with Crippen LogP contribution in [0, 0.1) is 5.92 Å². The van der Waals surface area contributed by atoms with Gasteiger partial charge >= 0.3 is 0 Å². The molecule has 0 N–H and O–H groups in total. The normalized spacial score (nSPS) is 24.7. The zero-order chi connectivity index (χ0) is 13.1. The lowest BCUT2D eigenvalue weighted by atomic mass is 9.78. The van der Waals surface area contributed by atoms with Crippen molar-refractivity contribution in [2.75, 3.05) is 6.61 Å². The van der Waals surface area contributed by atoms with Crippen LogP contribution >= 0.6 is 34.8 Å². The van der Waals surface area contributed by atoms with Crippen molar-refractivity contribution in [2.45, 2.75) is 37.7 Å². The van der Waals surface area contributed by atoms with Crippen LogP contribution in [0.2, 0.25) is 10.0 Å². The maximum absolute atomic E-state index is 6.43. The van der Waals surface area contributed by atoms with Gasteiger partial charge < -0.3 is 4.74 Å². The first-order valence-corrected chi connectivity index (χ1v) is 7.50. The van der Waals surface area contributed by atoms with Gasteiger partial charge in [-0.2, -0.15) is 0 Å². The summed E-state index contributed by atoms with van der Waals surface area (Å²) >= 11 is 18.5. The van der Waals surface area contributed by atoms with Crippen LogP contribution in [-0.2, 0) is 4.74 Å². The zero-order valence-electron chi connectivity index (χ0n) is 10.3. The smallest absolute Gasteiger partial charge is 0.0602 e. The van der Waals surface area contributed by atoms with Crippen LogP contribution in [0.4, 0.5) is 0 Å². The molecule has 1 fully saturated rings. The van der Waals surface area contributed by atoms with E-state index in [-0.39, 0.29) is 5.38 Å². The predicted molar refractivity (Wildman–Crippen MR) is 77.8 cm³/mol. The van der Waals surface area contributed by atoms with E-state index < -0.39 is 0 Å². The average molecular weight is 308 g/mol. The van der Waals surface area contributed by atoms with Crippen molar-refractivity contribution >= 4 is 34.8 Å². The fourth-order valence-electron chi connectivity index (χ4n) is 2.41. The van der Waals surface area contributed by atoms with Gasteiger partial charge in [0.1, 0.15) is 0 Å². The van der Waals surface area contributed by atoms with Gasteiger partial charge in [0.05, 0.1) is 11.5 Å². The minimum Gasteiger partial charge on any atom is -0.378 e. The van der Waals surface area contributed by atoms with Crippen LogP contribution < -0.4 is 0 Å². The van der Waals surface area contributed by atoms with Gasteiger partial charge in [-0.25, -0.2) is 0 Å². The topological polar surface area (TPSA) is 9.23 Å². The van der Waals surface area contributed by atoms with Crippen LogP contribution in [-0.4, -0.2) is 12.7 Å². The molecule has 1 unspecified atom stereocenters. The Labute approximate surface area is 123 Å². The summed E-state index contributed by atoms with van der Waals surface area (Å²) in [6.07, 6.45) is 3.61. The molecule has 1 saturated carbocycles. The van der Waals surface area contributed by atoms with Crippen LogP contribution in [0.5, 0.6) is 0 Å². The van der Waals surface area contributed by atoms with Crippen LogP contribution in [0.15, 0.2) is 18.2 Å². The molecule has 4 heteroatoms. The van der Waals surface area contributed by atoms with Crippen molar-refractivity contribution in [1.82, 2.24) is 0 Å². The number of hydrogen-bond donors (Lipinski definition) is 0. The Morgan fingerprint density at radius 3 is 2.67 bits per heavy atom. The largest absolute Gasteiger partial charge is 0.378 e. The van der Waals surface area contributed by atoms with Gasteiger partial charge in [-0.1, -0.05) is 29.3 Å². The number of hydrogen-bond acceptors (Lipinski definition) is 1. The van der Waals surface area contributed by atoms with Crippen molar-refractivity contribution in [3.63, 3.8) is 0 Å². The van der Waals surface area contributed by atoms with Gasteiger partial charge in [0.15, 0.2) is 0 Å². The van der Waals surface area contributed by atoms with Gasteiger partial charge in [-0.3, -0.25) is 0 Å². The molecule has 0 bridgehead atoms. The van der Waals surface area contributed by atoms with Crippen LogP contribution in [0.25, 0.3) is 0 Å². The molecule has 1 aromatic carbocycles. The van der Waals surface area contributed by atoms with Crippen molar-refractivity contribution in [1.29, 1.82) is 0 Å². The van der Waals surface area contributed by atoms with Crippen molar-refractivity contribution in [2.24, 2.45) is 5.92 Å². The second kappa shape index (κ2) is 6.47. The molecule has 100 valence electrons. The van der Waals surface area contributed by atoms with E-state index in [9.17, 15) is 0 Å². The van der Waals surface area contributed by atoms with E-state index in [1.54, 1.807) is 6.07 Å². The summed E-state index contributed by atoms with van der Waals surface area (Å²) in [5.74, 6) is 0.649. The van der Waals surface area contributed by atoms with Gasteiger partial charge in [-0.15, -0.1) is 11.6 Å². The molecule has 18 heavy (non-hydrogen) atoms. The summed E-state index contributed by atoms with van der Waals surface area (Å²) in [7, 11) is 0. The third-order valence-corrected chi connectivity index (χ3v) is 4.41. The van der Waals surface area contributed by atoms with Crippen LogP contribution in [0.1, 0.15) is 37.1 Å². The minimum atomic E-state index is -0.0395. The summed E-state index contributed by atoms with van der Waals surface area (Å²) < 4.78 is 5.55. The first-order chi connectivity index (χ1) is 8.60. The van der Waals surface area contributed by atoms with E-state index in [1.165, 1.54) is 0 Å². The van der Waals surface area contributed by atoms with E-state index in [2.05, 4.69) is 0 Å². The quantitative estimate of drug-likeness (QED) is 0.655. The Bertz CT molecular complexity index is 402. The first kappa shape index (κ1) is 14.5. The molecule has 0 aliphatic heterocycles. The predicted octanol–water partition coefficient (Wildman–Crippen LogP) is 5.48. The van der Waals surface area contributed by atoms with E-state index >= 15 is 0 Å². The maximum Gasteiger partial charge on any atom is 0.0602 e. The summed E-state index contributed by atoms with van der Waals surface area (Å²) in [6, 6.07) is 5.50. The number of alkyl halides is 1. The number of rotatable bonds is 5. The van der Waals surface area contributed by atoms with E-state index in [1.807, 2.05) is 19.1 Å². The molecule has 0 saturated heterocycles.